The van der Waals surface area contributed by atoms with Crippen LogP contribution in [0.4, 0.5) is 0 Å². The second kappa shape index (κ2) is 6.77. The highest BCUT2D eigenvalue weighted by molar-refractivity contribution is 9.10. The van der Waals surface area contributed by atoms with Crippen LogP contribution in [0.15, 0.2) is 33.6 Å². The molecule has 2 N–H and O–H groups in total. The van der Waals surface area contributed by atoms with E-state index in [-0.39, 0.29) is 11.2 Å². The van der Waals surface area contributed by atoms with Crippen LogP contribution in [-0.4, -0.2) is 35.7 Å². The van der Waals surface area contributed by atoms with Crippen LogP contribution in [0.1, 0.15) is 13.3 Å². The first-order valence-corrected chi connectivity index (χ1v) is 8.18. The number of rotatable bonds is 4. The summed E-state index contributed by atoms with van der Waals surface area (Å²) in [5.74, 6) is 0.706. The molecular formula is C14H19BrN2OS. The van der Waals surface area contributed by atoms with E-state index in [9.17, 15) is 4.79 Å². The van der Waals surface area contributed by atoms with E-state index in [1.165, 1.54) is 0 Å². The number of carbonyl (C=O) groups is 1. The van der Waals surface area contributed by atoms with Crippen LogP contribution in [0.25, 0.3) is 0 Å². The largest absolute Gasteiger partial charge is 0.341 e. The zero-order valence-electron chi connectivity index (χ0n) is 11.0. The first-order chi connectivity index (χ1) is 9.10. The quantitative estimate of drug-likeness (QED) is 0.855. The maximum atomic E-state index is 12.3. The number of halogens is 1. The van der Waals surface area contributed by atoms with Crippen molar-refractivity contribution in [2.75, 3.05) is 19.6 Å². The molecule has 1 aliphatic heterocycles. The fourth-order valence-corrected chi connectivity index (χ4v) is 3.47. The summed E-state index contributed by atoms with van der Waals surface area (Å²) < 4.78 is 1.06. The molecule has 1 heterocycles. The third-order valence-corrected chi connectivity index (χ3v) is 5.03. The molecule has 1 aliphatic rings. The molecular weight excluding hydrogens is 324 g/mol. The summed E-state index contributed by atoms with van der Waals surface area (Å²) in [6, 6.07) is 8.07. The molecule has 0 aliphatic carbocycles. The lowest BCUT2D eigenvalue weighted by Gasteiger charge is -2.20. The van der Waals surface area contributed by atoms with Crippen molar-refractivity contribution in [2.45, 2.75) is 23.5 Å². The van der Waals surface area contributed by atoms with E-state index in [1.807, 2.05) is 36.1 Å². The van der Waals surface area contributed by atoms with Gasteiger partial charge in [0, 0.05) is 22.5 Å². The molecule has 0 radical (unpaired) electrons. The Hall–Kier alpha value is -0.520. The predicted molar refractivity (Wildman–Crippen MR) is 83.2 cm³/mol. The van der Waals surface area contributed by atoms with Crippen LogP contribution in [0.5, 0.6) is 0 Å². The van der Waals surface area contributed by atoms with Crippen molar-refractivity contribution in [3.63, 3.8) is 0 Å². The molecule has 2 atom stereocenters. The predicted octanol–water partition coefficient (Wildman–Crippen LogP) is 2.74. The first kappa shape index (κ1) is 14.9. The molecule has 1 saturated heterocycles. The molecule has 1 amide bonds. The molecule has 1 aromatic carbocycles. The number of benzene rings is 1. The fourth-order valence-electron chi connectivity index (χ4n) is 2.25. The summed E-state index contributed by atoms with van der Waals surface area (Å²) in [6.07, 6.45) is 1.04. The summed E-state index contributed by atoms with van der Waals surface area (Å²) in [5, 5.41) is -0.0438. The lowest BCUT2D eigenvalue weighted by Crippen LogP contribution is -2.35. The van der Waals surface area contributed by atoms with Gasteiger partial charge in [0.15, 0.2) is 0 Å². The minimum Gasteiger partial charge on any atom is -0.341 e. The van der Waals surface area contributed by atoms with Gasteiger partial charge in [0.05, 0.1) is 5.25 Å². The Morgan fingerprint density at radius 3 is 2.79 bits per heavy atom. The van der Waals surface area contributed by atoms with Gasteiger partial charge in [0.25, 0.3) is 0 Å². The maximum Gasteiger partial charge on any atom is 0.235 e. The van der Waals surface area contributed by atoms with Crippen molar-refractivity contribution in [3.8, 4) is 0 Å². The van der Waals surface area contributed by atoms with Crippen LogP contribution >= 0.6 is 27.7 Å². The molecule has 0 saturated carbocycles. The zero-order valence-corrected chi connectivity index (χ0v) is 13.4. The Labute approximate surface area is 127 Å². The van der Waals surface area contributed by atoms with Gasteiger partial charge in [0.1, 0.15) is 0 Å². The second-order valence-electron chi connectivity index (χ2n) is 4.89. The summed E-state index contributed by atoms with van der Waals surface area (Å²) in [6.45, 7) is 4.33. The second-order valence-corrected chi connectivity index (χ2v) is 7.22. The van der Waals surface area contributed by atoms with Crippen molar-refractivity contribution in [1.82, 2.24) is 4.90 Å². The topological polar surface area (TPSA) is 46.3 Å². The Bertz CT molecular complexity index is 438. The van der Waals surface area contributed by atoms with E-state index in [4.69, 9.17) is 5.73 Å². The average molecular weight is 343 g/mol. The fraction of sp³-hybridized carbons (Fsp3) is 0.500. The van der Waals surface area contributed by atoms with Crippen LogP contribution in [-0.2, 0) is 4.79 Å². The van der Waals surface area contributed by atoms with Gasteiger partial charge in [-0.1, -0.05) is 15.9 Å². The van der Waals surface area contributed by atoms with E-state index >= 15 is 0 Å². The van der Waals surface area contributed by atoms with Crippen molar-refractivity contribution < 1.29 is 4.79 Å². The maximum absolute atomic E-state index is 12.3. The normalized spacial score (nSPS) is 20.6. The molecule has 2 unspecified atom stereocenters. The van der Waals surface area contributed by atoms with E-state index in [0.717, 1.165) is 28.9 Å². The van der Waals surface area contributed by atoms with Crippen LogP contribution in [0.3, 0.4) is 0 Å². The van der Waals surface area contributed by atoms with E-state index in [0.29, 0.717) is 12.5 Å². The number of hydrogen-bond acceptors (Lipinski definition) is 3. The Kier molecular flexibility index (Phi) is 5.30. The van der Waals surface area contributed by atoms with Crippen molar-refractivity contribution in [3.05, 3.63) is 28.7 Å². The highest BCUT2D eigenvalue weighted by Gasteiger charge is 2.28. The summed E-state index contributed by atoms with van der Waals surface area (Å²) in [7, 11) is 0. The van der Waals surface area contributed by atoms with Gasteiger partial charge < -0.3 is 10.6 Å². The lowest BCUT2D eigenvalue weighted by molar-refractivity contribution is -0.129. The molecule has 5 heteroatoms. The van der Waals surface area contributed by atoms with Crippen molar-refractivity contribution in [1.29, 1.82) is 0 Å². The SMILES string of the molecule is CC(Sc1ccc(Br)cc1)C(=O)N1CCC(CN)C1. The van der Waals surface area contributed by atoms with Gasteiger partial charge in [-0.25, -0.2) is 0 Å². The number of amides is 1. The van der Waals surface area contributed by atoms with Crippen molar-refractivity contribution >= 4 is 33.6 Å². The van der Waals surface area contributed by atoms with Gasteiger partial charge in [-0.15, -0.1) is 11.8 Å². The van der Waals surface area contributed by atoms with Crippen LogP contribution < -0.4 is 5.73 Å². The number of nitrogens with two attached hydrogens (primary N) is 1. The van der Waals surface area contributed by atoms with E-state index in [1.54, 1.807) is 11.8 Å². The molecule has 0 bridgehead atoms. The van der Waals surface area contributed by atoms with Crippen LogP contribution in [0, 0.1) is 5.92 Å². The zero-order chi connectivity index (χ0) is 13.8. The molecule has 0 spiro atoms. The number of nitrogens with zero attached hydrogens (tertiary/aromatic N) is 1. The van der Waals surface area contributed by atoms with Crippen LogP contribution in [0.2, 0.25) is 0 Å². The first-order valence-electron chi connectivity index (χ1n) is 6.51. The highest BCUT2D eigenvalue weighted by Crippen LogP contribution is 2.27. The number of thioether (sulfide) groups is 1. The van der Waals surface area contributed by atoms with Crippen molar-refractivity contribution in [2.24, 2.45) is 11.7 Å². The molecule has 2 rings (SSSR count). The monoisotopic (exact) mass is 342 g/mol. The molecule has 19 heavy (non-hydrogen) atoms. The Morgan fingerprint density at radius 1 is 1.53 bits per heavy atom. The Morgan fingerprint density at radius 2 is 2.21 bits per heavy atom. The smallest absolute Gasteiger partial charge is 0.235 e. The number of carbonyl (C=O) groups excluding carboxylic acids is 1. The lowest BCUT2D eigenvalue weighted by atomic mass is 10.1. The molecule has 1 fully saturated rings. The summed E-state index contributed by atoms with van der Waals surface area (Å²) in [4.78, 5) is 15.4. The highest BCUT2D eigenvalue weighted by atomic mass is 79.9. The minimum absolute atomic E-state index is 0.0438. The summed E-state index contributed by atoms with van der Waals surface area (Å²) >= 11 is 5.03. The van der Waals surface area contributed by atoms with Gasteiger partial charge in [0.2, 0.25) is 5.91 Å². The molecule has 0 aromatic heterocycles. The number of likely N-dealkylation sites (tertiary alicyclic amines) is 1. The van der Waals surface area contributed by atoms with E-state index < -0.39 is 0 Å². The van der Waals surface area contributed by atoms with Gasteiger partial charge in [-0.05, 0) is 50.1 Å². The molecule has 104 valence electrons. The van der Waals surface area contributed by atoms with E-state index in [2.05, 4.69) is 15.9 Å². The number of hydrogen-bond donors (Lipinski definition) is 1. The van der Waals surface area contributed by atoms with Gasteiger partial charge >= 0.3 is 0 Å². The summed E-state index contributed by atoms with van der Waals surface area (Å²) in [5.41, 5.74) is 5.66. The third kappa shape index (κ3) is 3.97. The minimum atomic E-state index is -0.0438. The average Bonchev–Trinajstić information content (AvgIpc) is 2.89. The molecule has 3 nitrogen and oxygen atoms in total. The standard InChI is InChI=1S/C14H19BrN2OS/c1-10(19-13-4-2-12(15)3-5-13)14(18)17-7-6-11(8-16)9-17/h2-5,10-11H,6-9,16H2,1H3. The van der Waals surface area contributed by atoms with Gasteiger partial charge in [-0.2, -0.15) is 0 Å². The molecule has 1 aromatic rings. The third-order valence-electron chi connectivity index (χ3n) is 3.41. The van der Waals surface area contributed by atoms with Gasteiger partial charge in [-0.3, -0.25) is 4.79 Å². The Balaban J connectivity index is 1.91.